The van der Waals surface area contributed by atoms with E-state index in [-0.39, 0.29) is 28.5 Å². The maximum Gasteiger partial charge on any atom is 0.345 e. The topological polar surface area (TPSA) is 176 Å². The van der Waals surface area contributed by atoms with Gasteiger partial charge in [-0.1, -0.05) is 0 Å². The summed E-state index contributed by atoms with van der Waals surface area (Å²) in [4.78, 5) is 12.5. The molecule has 2 aromatic carbocycles. The fourth-order valence-corrected chi connectivity index (χ4v) is 7.76. The molecule has 1 aliphatic heterocycles. The molecule has 3 heterocycles. The number of methoxy groups -OCH3 is 2. The average Bonchev–Trinajstić information content (AvgIpc) is 3.50. The number of nitrogens with zero attached hydrogens (tertiary/aromatic N) is 4. The van der Waals surface area contributed by atoms with Crippen LogP contribution in [0.4, 0.5) is 5.82 Å². The zero-order valence-corrected chi connectivity index (χ0v) is 22.5. The summed E-state index contributed by atoms with van der Waals surface area (Å²) in [5, 5.41) is 32.6. The van der Waals surface area contributed by atoms with Crippen LogP contribution in [-0.4, -0.2) is 74.0 Å². The lowest BCUT2D eigenvalue weighted by Gasteiger charge is -2.41. The van der Waals surface area contributed by atoms with Crippen LogP contribution in [0.2, 0.25) is 0 Å². The van der Waals surface area contributed by atoms with E-state index in [1.165, 1.54) is 31.4 Å². The van der Waals surface area contributed by atoms with Crippen LogP contribution in [0.1, 0.15) is 0 Å². The van der Waals surface area contributed by atoms with Gasteiger partial charge >= 0.3 is 6.49 Å². The molecule has 5 N–H and O–H groups in total. The highest BCUT2D eigenvalue weighted by molar-refractivity contribution is 8.10. The zero-order chi connectivity index (χ0) is 27.8. The second kappa shape index (κ2) is 10.6. The molecule has 4 atom stereocenters. The molecule has 0 saturated carbocycles. The van der Waals surface area contributed by atoms with Crippen LogP contribution in [0.5, 0.6) is 23.0 Å². The van der Waals surface area contributed by atoms with Crippen LogP contribution in [0, 0.1) is 0 Å². The number of hydrogen-bond acceptors (Lipinski definition) is 13. The fourth-order valence-electron chi connectivity index (χ4n) is 4.28. The van der Waals surface area contributed by atoms with E-state index in [1.54, 1.807) is 48.5 Å². The monoisotopic (exact) mass is 575 g/mol. The molecule has 0 spiro atoms. The third-order valence-electron chi connectivity index (χ3n) is 6.26. The molecule has 0 bridgehead atoms. The third kappa shape index (κ3) is 4.54. The Bertz CT molecular complexity index is 1450. The fraction of sp³-hybridized carbons (Fsp3) is 0.292. The van der Waals surface area contributed by atoms with E-state index in [0.29, 0.717) is 11.5 Å². The van der Waals surface area contributed by atoms with Gasteiger partial charge in [-0.15, -0.1) is 0 Å². The number of hydrogen-bond donors (Lipinski definition) is 4. The van der Waals surface area contributed by atoms with E-state index in [1.807, 2.05) is 0 Å². The van der Waals surface area contributed by atoms with Crippen LogP contribution in [0.25, 0.3) is 11.2 Å². The van der Waals surface area contributed by atoms with E-state index >= 15 is 0 Å². The first kappa shape index (κ1) is 27.1. The molecule has 13 nitrogen and oxygen atoms in total. The highest BCUT2D eigenvalue weighted by Gasteiger charge is 2.67. The summed E-state index contributed by atoms with van der Waals surface area (Å²) < 4.78 is 30.8. The van der Waals surface area contributed by atoms with Gasteiger partial charge in [-0.25, -0.2) is 15.0 Å². The standard InChI is InChI=1S/C24H26N5O8PS/c1-33-14-3-7-16(8-4-14)36-38(39,37-17-9-5-15(34-2)6-10-17)24(21(32)20(31)18(11-30)35-24)29-13-28-19-22(25)26-12-27-23(19)29/h3-10,12-13,18,20-21,30-32H,11H2,1-2H3,(H2,25,26,27)/t18-,20-,21-,24+/m1/s1. The zero-order valence-electron chi connectivity index (χ0n) is 20.8. The first-order valence-electron chi connectivity index (χ1n) is 11.6. The van der Waals surface area contributed by atoms with E-state index in [0.717, 1.165) is 0 Å². The quantitative estimate of drug-likeness (QED) is 0.212. The minimum Gasteiger partial charge on any atom is -0.497 e. The highest BCUT2D eigenvalue weighted by Crippen LogP contribution is 2.67. The van der Waals surface area contributed by atoms with Gasteiger partial charge in [0.05, 0.1) is 20.8 Å². The maximum absolute atomic E-state index is 11.6. The number of imidazole rings is 1. The van der Waals surface area contributed by atoms with E-state index < -0.39 is 36.9 Å². The number of nitrogens with two attached hydrogens (primary N) is 1. The van der Waals surface area contributed by atoms with Crippen molar-refractivity contribution in [3.05, 3.63) is 61.2 Å². The summed E-state index contributed by atoms with van der Waals surface area (Å²) >= 11 is 6.14. The normalized spacial score (nSPS) is 23.1. The number of aromatic nitrogens is 4. The molecule has 1 aliphatic rings. The Hall–Kier alpha value is -3.52. The lowest BCUT2D eigenvalue weighted by Crippen LogP contribution is -2.47. The van der Waals surface area contributed by atoms with Gasteiger partial charge < -0.3 is 44.3 Å². The summed E-state index contributed by atoms with van der Waals surface area (Å²) in [6.45, 7) is -4.65. The number of benzene rings is 2. The van der Waals surface area contributed by atoms with Gasteiger partial charge in [0.25, 0.3) is 5.47 Å². The lowest BCUT2D eigenvalue weighted by molar-refractivity contribution is -0.0911. The molecule has 0 amide bonds. The molecule has 15 heteroatoms. The Kier molecular flexibility index (Phi) is 7.33. The van der Waals surface area contributed by atoms with Gasteiger partial charge in [0, 0.05) is 0 Å². The minimum absolute atomic E-state index is 0.0705. The minimum atomic E-state index is -4.01. The lowest BCUT2D eigenvalue weighted by atomic mass is 10.1. The van der Waals surface area contributed by atoms with Crippen molar-refractivity contribution in [1.82, 2.24) is 19.5 Å². The second-order valence-electron chi connectivity index (χ2n) is 8.51. The number of rotatable bonds is 9. The molecule has 0 aliphatic carbocycles. The van der Waals surface area contributed by atoms with Crippen LogP contribution in [0.3, 0.4) is 0 Å². The molecule has 1 fully saturated rings. The molecule has 2 aromatic heterocycles. The highest BCUT2D eigenvalue weighted by atomic mass is 32.5. The molecular weight excluding hydrogens is 549 g/mol. The van der Waals surface area contributed by atoms with Gasteiger partial charge in [-0.2, -0.15) is 0 Å². The molecule has 0 unspecified atom stereocenters. The number of nitrogen functional groups attached to an aromatic ring is 1. The number of ether oxygens (including phenoxy) is 3. The van der Waals surface area contributed by atoms with E-state index in [4.69, 9.17) is 40.8 Å². The number of anilines is 1. The van der Waals surface area contributed by atoms with Gasteiger partial charge in [0.1, 0.15) is 59.5 Å². The molecular formula is C24H26N5O8PS. The molecule has 4 aromatic rings. The Morgan fingerprint density at radius 3 is 1.97 bits per heavy atom. The van der Waals surface area contributed by atoms with Gasteiger partial charge in [0.2, 0.25) is 0 Å². The number of aliphatic hydroxyl groups excluding tert-OH is 3. The van der Waals surface area contributed by atoms with Crippen LogP contribution in [-0.2, 0) is 22.0 Å². The van der Waals surface area contributed by atoms with Crippen LogP contribution in [0.15, 0.2) is 61.2 Å². The summed E-state index contributed by atoms with van der Waals surface area (Å²) in [5.74, 6) is 1.75. The third-order valence-corrected chi connectivity index (χ3v) is 9.77. The van der Waals surface area contributed by atoms with Crippen molar-refractivity contribution in [2.75, 3.05) is 26.6 Å². The van der Waals surface area contributed by atoms with Crippen molar-refractivity contribution in [3.8, 4) is 23.0 Å². The van der Waals surface area contributed by atoms with Crippen LogP contribution >= 0.6 is 6.49 Å². The van der Waals surface area contributed by atoms with Gasteiger partial charge in [0.15, 0.2) is 11.5 Å². The van der Waals surface area contributed by atoms with Crippen molar-refractivity contribution in [1.29, 1.82) is 0 Å². The maximum atomic E-state index is 11.6. The van der Waals surface area contributed by atoms with E-state index in [2.05, 4.69) is 15.0 Å². The Balaban J connectivity index is 1.74. The Labute approximate surface area is 227 Å². The average molecular weight is 576 g/mol. The predicted octanol–water partition coefficient (Wildman–Crippen LogP) is 1.62. The predicted molar refractivity (Wildman–Crippen MR) is 143 cm³/mol. The molecule has 39 heavy (non-hydrogen) atoms. The second-order valence-corrected chi connectivity index (χ2v) is 12.0. The van der Waals surface area contributed by atoms with E-state index in [9.17, 15) is 15.3 Å². The molecule has 1 saturated heterocycles. The number of aliphatic hydroxyl groups is 3. The molecule has 206 valence electrons. The number of fused-ring (bicyclic) bond motifs is 1. The van der Waals surface area contributed by atoms with Crippen molar-refractivity contribution >= 4 is 35.3 Å². The summed E-state index contributed by atoms with van der Waals surface area (Å²) in [5.41, 5.74) is 4.22. The van der Waals surface area contributed by atoms with Crippen LogP contribution < -0.4 is 24.3 Å². The Morgan fingerprint density at radius 2 is 1.49 bits per heavy atom. The SMILES string of the molecule is COc1ccc(OP(=S)(Oc2ccc(OC)cc2)[C@@]2(n3cnc4c(N)ncnc43)O[C@H](CO)[C@@H](O)[C@H]2O)cc1. The van der Waals surface area contributed by atoms with Crippen molar-refractivity contribution in [2.24, 2.45) is 0 Å². The Morgan fingerprint density at radius 1 is 0.949 bits per heavy atom. The van der Waals surface area contributed by atoms with Crippen molar-refractivity contribution < 1.29 is 38.6 Å². The molecule has 5 rings (SSSR count). The van der Waals surface area contributed by atoms with Crippen molar-refractivity contribution in [2.45, 2.75) is 23.8 Å². The summed E-state index contributed by atoms with van der Waals surface area (Å²) in [7, 11) is 3.05. The van der Waals surface area contributed by atoms with Crippen molar-refractivity contribution in [3.63, 3.8) is 0 Å². The smallest absolute Gasteiger partial charge is 0.345 e. The summed E-state index contributed by atoms with van der Waals surface area (Å²) in [6, 6.07) is 13.1. The van der Waals surface area contributed by atoms with Gasteiger partial charge in [-0.3, -0.25) is 4.57 Å². The molecule has 0 radical (unpaired) electrons. The summed E-state index contributed by atoms with van der Waals surface area (Å²) in [6.07, 6.45) is -2.08. The largest absolute Gasteiger partial charge is 0.497 e. The first-order chi connectivity index (χ1) is 18.8. The van der Waals surface area contributed by atoms with Gasteiger partial charge in [-0.05, 0) is 60.3 Å². The first-order valence-corrected chi connectivity index (χ1v) is 14.3.